The van der Waals surface area contributed by atoms with Gasteiger partial charge in [-0.25, -0.2) is 9.97 Å². The van der Waals surface area contributed by atoms with Crippen LogP contribution in [0.2, 0.25) is 0 Å². The van der Waals surface area contributed by atoms with Gasteiger partial charge in [0, 0.05) is 63.5 Å². The number of carbonyl (C=O) groups excluding carboxylic acids is 2. The van der Waals surface area contributed by atoms with Gasteiger partial charge in [0.1, 0.15) is 16.9 Å². The number of pyridine rings is 1. The maximum atomic E-state index is 13.4. The molecule has 0 aliphatic heterocycles. The van der Waals surface area contributed by atoms with Gasteiger partial charge in [-0.1, -0.05) is 0 Å². The minimum Gasteiger partial charge on any atom is -0.343 e. The molecule has 0 aromatic carbocycles. The van der Waals surface area contributed by atoms with Gasteiger partial charge in [0.2, 0.25) is 5.91 Å². The molecule has 38 heavy (non-hydrogen) atoms. The third-order valence-electron chi connectivity index (χ3n) is 7.56. The Hall–Kier alpha value is -3.89. The fourth-order valence-electron chi connectivity index (χ4n) is 5.45. The van der Waals surface area contributed by atoms with Crippen LogP contribution in [-0.2, 0) is 31.4 Å². The van der Waals surface area contributed by atoms with Crippen molar-refractivity contribution >= 4 is 45.5 Å². The molecule has 6 rings (SSSR count). The molecule has 0 unspecified atom stereocenters. The topological polar surface area (TPSA) is 106 Å². The van der Waals surface area contributed by atoms with Crippen LogP contribution in [0.4, 0.5) is 11.6 Å². The Morgan fingerprint density at radius 2 is 1.79 bits per heavy atom. The van der Waals surface area contributed by atoms with Crippen LogP contribution in [0.25, 0.3) is 22.1 Å². The smallest absolute Gasteiger partial charge is 0.271 e. The number of rotatable bonds is 9. The maximum Gasteiger partial charge on any atom is 0.271 e. The quantitative estimate of drug-likeness (QED) is 0.365. The second-order valence-corrected chi connectivity index (χ2v) is 10.6. The van der Waals surface area contributed by atoms with Crippen LogP contribution in [-0.4, -0.2) is 76.7 Å². The molecule has 0 saturated heterocycles. The van der Waals surface area contributed by atoms with Gasteiger partial charge in [-0.15, -0.1) is 0 Å². The number of anilines is 2. The van der Waals surface area contributed by atoms with E-state index in [4.69, 9.17) is 4.98 Å². The summed E-state index contributed by atoms with van der Waals surface area (Å²) in [7, 11) is 5.42. The van der Waals surface area contributed by atoms with Crippen molar-refractivity contribution in [3.8, 4) is 0 Å². The normalized spacial score (nSPS) is 15.4. The largest absolute Gasteiger partial charge is 0.343 e. The zero-order valence-corrected chi connectivity index (χ0v) is 22.7. The van der Waals surface area contributed by atoms with Gasteiger partial charge >= 0.3 is 0 Å². The summed E-state index contributed by atoms with van der Waals surface area (Å²) in [4.78, 5) is 39.4. The van der Waals surface area contributed by atoms with E-state index in [0.717, 1.165) is 53.4 Å². The van der Waals surface area contributed by atoms with Gasteiger partial charge in [-0.3, -0.25) is 14.3 Å². The third-order valence-corrected chi connectivity index (χ3v) is 7.56. The minimum absolute atomic E-state index is 0.112. The van der Waals surface area contributed by atoms with E-state index in [1.165, 1.54) is 0 Å². The number of hydrogen-bond acceptors (Lipinski definition) is 6. The summed E-state index contributed by atoms with van der Waals surface area (Å²) < 4.78 is 5.81. The van der Waals surface area contributed by atoms with Gasteiger partial charge in [0.15, 0.2) is 11.6 Å². The van der Waals surface area contributed by atoms with Crippen molar-refractivity contribution < 1.29 is 9.59 Å². The van der Waals surface area contributed by atoms with Crippen molar-refractivity contribution in [2.75, 3.05) is 19.4 Å². The second-order valence-electron chi connectivity index (χ2n) is 10.6. The predicted octanol–water partition coefficient (Wildman–Crippen LogP) is 3.30. The first-order chi connectivity index (χ1) is 18.3. The van der Waals surface area contributed by atoms with Crippen LogP contribution in [0.5, 0.6) is 0 Å². The minimum atomic E-state index is -0.112. The Morgan fingerprint density at radius 1 is 1.08 bits per heavy atom. The van der Waals surface area contributed by atoms with Gasteiger partial charge in [0.25, 0.3) is 5.91 Å². The van der Waals surface area contributed by atoms with Crippen LogP contribution in [0, 0.1) is 0 Å². The highest BCUT2D eigenvalue weighted by atomic mass is 16.2. The molecule has 4 heterocycles. The molecule has 2 aliphatic rings. The van der Waals surface area contributed by atoms with Gasteiger partial charge in [0.05, 0.1) is 18.3 Å². The van der Waals surface area contributed by atoms with E-state index in [1.807, 2.05) is 18.5 Å². The Labute approximate surface area is 221 Å². The predicted molar refractivity (Wildman–Crippen MR) is 145 cm³/mol. The first-order valence-electron chi connectivity index (χ1n) is 13.5. The molecule has 2 saturated carbocycles. The molecule has 0 radical (unpaired) electrons. The van der Waals surface area contributed by atoms with E-state index in [2.05, 4.69) is 37.9 Å². The number of imidazole rings is 1. The molecule has 11 heteroatoms. The third kappa shape index (κ3) is 4.10. The molecule has 4 aromatic rings. The van der Waals surface area contributed by atoms with E-state index in [9.17, 15) is 9.59 Å². The van der Waals surface area contributed by atoms with E-state index in [0.29, 0.717) is 48.9 Å². The van der Waals surface area contributed by atoms with Crippen LogP contribution in [0.3, 0.4) is 0 Å². The molecule has 0 spiro atoms. The first-order valence-corrected chi connectivity index (χ1v) is 13.5. The van der Waals surface area contributed by atoms with E-state index < -0.39 is 0 Å². The lowest BCUT2D eigenvalue weighted by Crippen LogP contribution is -2.36. The number of nitrogens with one attached hydrogen (secondary N) is 1. The Morgan fingerprint density at radius 3 is 2.39 bits per heavy atom. The van der Waals surface area contributed by atoms with Crippen LogP contribution in [0.15, 0.2) is 18.5 Å². The molecule has 1 N–H and O–H groups in total. The molecule has 0 atom stereocenters. The summed E-state index contributed by atoms with van der Waals surface area (Å²) in [6.45, 7) is 5.30. The average Bonchev–Trinajstić information content (AvgIpc) is 3.80. The average molecular weight is 518 g/mol. The van der Waals surface area contributed by atoms with Crippen molar-refractivity contribution in [1.82, 2.24) is 38.7 Å². The molecule has 4 aromatic heterocycles. The number of carbonyl (C=O) groups is 2. The van der Waals surface area contributed by atoms with Crippen molar-refractivity contribution in [3.05, 3.63) is 29.8 Å². The summed E-state index contributed by atoms with van der Waals surface area (Å²) in [5.41, 5.74) is 3.94. The molecule has 0 bridgehead atoms. The van der Waals surface area contributed by atoms with Crippen molar-refractivity contribution in [3.63, 3.8) is 0 Å². The standard InChI is InChI=1S/C27H35N9O2/c1-6-34-18(13-22(37)36(16-8-9-16)17-10-11-17)12-19-24-23(28-15-33(24)5)25(30-26(19)34)29-21-14-20(27(38)32(3)4)35(7-2)31-21/h12,14-17H,6-11,13H2,1-5H3,(H,29,30,31). The number of amides is 2. The lowest BCUT2D eigenvalue weighted by molar-refractivity contribution is -0.131. The molecule has 2 fully saturated rings. The zero-order valence-electron chi connectivity index (χ0n) is 22.7. The number of nitrogens with zero attached hydrogens (tertiary/aromatic N) is 8. The Balaban J connectivity index is 1.41. The molecular formula is C27H35N9O2. The number of hydrogen-bond donors (Lipinski definition) is 1. The summed E-state index contributed by atoms with van der Waals surface area (Å²) in [5.74, 6) is 1.21. The summed E-state index contributed by atoms with van der Waals surface area (Å²) >= 11 is 0. The van der Waals surface area contributed by atoms with E-state index >= 15 is 0 Å². The van der Waals surface area contributed by atoms with Crippen molar-refractivity contribution in [2.45, 2.75) is 71.1 Å². The summed E-state index contributed by atoms with van der Waals surface area (Å²) in [6.07, 6.45) is 6.65. The monoisotopic (exact) mass is 517 g/mol. The summed E-state index contributed by atoms with van der Waals surface area (Å²) in [6, 6.07) is 4.72. The van der Waals surface area contributed by atoms with Gasteiger partial charge in [-0.2, -0.15) is 5.10 Å². The fourth-order valence-corrected chi connectivity index (χ4v) is 5.45. The zero-order chi connectivity index (χ0) is 26.7. The van der Waals surface area contributed by atoms with E-state index in [1.54, 1.807) is 36.1 Å². The maximum absolute atomic E-state index is 13.4. The SMILES string of the molecule is CCn1nc(Nc2nc3c(cc(CC(=O)N(C4CC4)C4CC4)n3CC)c3c2ncn3C)cc1C(=O)N(C)C. The summed E-state index contributed by atoms with van der Waals surface area (Å²) in [5, 5.41) is 8.90. The first kappa shape index (κ1) is 24.4. The highest BCUT2D eigenvalue weighted by Crippen LogP contribution is 2.38. The second kappa shape index (κ2) is 9.14. The highest BCUT2D eigenvalue weighted by molar-refractivity contribution is 6.07. The van der Waals surface area contributed by atoms with Gasteiger partial charge in [-0.05, 0) is 45.6 Å². The Bertz CT molecular complexity index is 1540. The molecular weight excluding hydrogens is 482 g/mol. The van der Waals surface area contributed by atoms with Crippen molar-refractivity contribution in [1.29, 1.82) is 0 Å². The molecule has 2 amide bonds. The lowest BCUT2D eigenvalue weighted by atomic mass is 10.2. The van der Waals surface area contributed by atoms with Gasteiger partial charge < -0.3 is 24.3 Å². The van der Waals surface area contributed by atoms with Crippen LogP contribution < -0.4 is 5.32 Å². The number of aryl methyl sites for hydroxylation is 3. The van der Waals surface area contributed by atoms with Crippen LogP contribution >= 0.6 is 0 Å². The molecule has 11 nitrogen and oxygen atoms in total. The lowest BCUT2D eigenvalue weighted by Gasteiger charge is -2.22. The molecule has 2 aliphatic carbocycles. The Kier molecular flexibility index (Phi) is 5.88. The van der Waals surface area contributed by atoms with E-state index in [-0.39, 0.29) is 11.8 Å². The van der Waals surface area contributed by atoms with Crippen LogP contribution in [0.1, 0.15) is 55.7 Å². The molecule has 200 valence electrons. The highest BCUT2D eigenvalue weighted by Gasteiger charge is 2.42. The number of aromatic nitrogens is 6. The van der Waals surface area contributed by atoms with Crippen molar-refractivity contribution in [2.24, 2.45) is 7.05 Å². The fraction of sp³-hybridized carbons (Fsp3) is 0.519. The number of fused-ring (bicyclic) bond motifs is 3.